The van der Waals surface area contributed by atoms with Gasteiger partial charge in [-0.25, -0.2) is 18.2 Å². The maximum atomic E-state index is 14.8. The van der Waals surface area contributed by atoms with Gasteiger partial charge in [0.25, 0.3) is 6.43 Å². The largest absolute Gasteiger partial charge is 0.391 e. The molecule has 1 atom stereocenters. The third kappa shape index (κ3) is 11.7. The number of aliphatic hydroxyl groups excluding tert-OH is 1. The highest BCUT2D eigenvalue weighted by atomic mass is 19.3. The summed E-state index contributed by atoms with van der Waals surface area (Å²) in [4.78, 5) is 9.82. The van der Waals surface area contributed by atoms with Crippen LogP contribution in [-0.4, -0.2) is 61.3 Å². The van der Waals surface area contributed by atoms with Crippen molar-refractivity contribution in [3.63, 3.8) is 0 Å². The number of nitrogens with one attached hydrogen (secondary N) is 2. The Kier molecular flexibility index (Phi) is 16.0. The first kappa shape index (κ1) is 35.3. The summed E-state index contributed by atoms with van der Waals surface area (Å²) < 4.78 is 50.3. The molecule has 0 aliphatic carbocycles. The molecule has 0 radical (unpaired) electrons. The van der Waals surface area contributed by atoms with Crippen molar-refractivity contribution in [2.75, 3.05) is 32.6 Å². The second-order valence-electron chi connectivity index (χ2n) is 9.28. The average Bonchev–Trinajstić information content (AvgIpc) is 2.97. The van der Waals surface area contributed by atoms with E-state index in [0.29, 0.717) is 25.2 Å². The Bertz CT molecular complexity index is 1200. The highest BCUT2D eigenvalue weighted by molar-refractivity contribution is 5.96. The van der Waals surface area contributed by atoms with Gasteiger partial charge in [-0.15, -0.1) is 0 Å². The molecular formula is C30H42F4N6O. The summed E-state index contributed by atoms with van der Waals surface area (Å²) in [6, 6.07) is 11.8. The maximum absolute atomic E-state index is 14.8. The Hall–Kier alpha value is -3.73. The average molecular weight is 579 g/mol. The van der Waals surface area contributed by atoms with Crippen molar-refractivity contribution in [2.24, 2.45) is 21.0 Å². The molecule has 0 aromatic heterocycles. The highest BCUT2D eigenvalue weighted by Crippen LogP contribution is 2.25. The number of nitrogens with zero attached hydrogens (tertiary/aromatic N) is 4. The molecule has 0 spiro atoms. The fourth-order valence-electron chi connectivity index (χ4n) is 3.67. The van der Waals surface area contributed by atoms with Crippen LogP contribution in [0.1, 0.15) is 57.7 Å². The van der Waals surface area contributed by atoms with Crippen LogP contribution >= 0.6 is 0 Å². The molecule has 0 fully saturated rings. The third-order valence-corrected chi connectivity index (χ3v) is 6.04. The van der Waals surface area contributed by atoms with Crippen LogP contribution < -0.4 is 10.7 Å². The van der Waals surface area contributed by atoms with Gasteiger partial charge in [-0.2, -0.15) is 5.10 Å². The van der Waals surface area contributed by atoms with Crippen LogP contribution in [0.25, 0.3) is 0 Å². The lowest BCUT2D eigenvalue weighted by Crippen LogP contribution is -2.39. The van der Waals surface area contributed by atoms with Gasteiger partial charge < -0.3 is 15.3 Å². The van der Waals surface area contributed by atoms with Gasteiger partial charge in [-0.1, -0.05) is 39.0 Å². The molecule has 2 rings (SSSR count). The standard InChI is InChI=1S/C29H39F3N6O.CH3F/c1-7-21-14-25(36-24-11-9-10-22(15-24)28(31)32)13-12-23(21)16-35-37-20(5)34-17-26(30)29(33-6)38(8-2)18-27(39)19(3)4;1-2/h9-17,19,27-28,36,39H,7-8,18H2,1-6H3,(H,34,37);1H3/b26-17+,33-29?,35-16+;. The summed E-state index contributed by atoms with van der Waals surface area (Å²) in [5.41, 5.74) is 5.98. The minimum Gasteiger partial charge on any atom is -0.391 e. The number of rotatable bonds is 12. The fraction of sp³-hybridized carbons (Fsp3) is 0.433. The van der Waals surface area contributed by atoms with E-state index in [4.69, 9.17) is 0 Å². The second-order valence-corrected chi connectivity index (χ2v) is 9.28. The van der Waals surface area contributed by atoms with Crippen LogP contribution in [0.15, 0.2) is 69.6 Å². The lowest BCUT2D eigenvalue weighted by molar-refractivity contribution is 0.1000. The number of hydrogen-bond donors (Lipinski definition) is 3. The predicted octanol–water partition coefficient (Wildman–Crippen LogP) is 7.04. The van der Waals surface area contributed by atoms with E-state index in [1.165, 1.54) is 19.2 Å². The van der Waals surface area contributed by atoms with E-state index in [-0.39, 0.29) is 23.9 Å². The van der Waals surface area contributed by atoms with Crippen LogP contribution in [-0.2, 0) is 6.42 Å². The van der Waals surface area contributed by atoms with E-state index < -0.39 is 18.4 Å². The Morgan fingerprint density at radius 1 is 1.07 bits per heavy atom. The zero-order valence-electron chi connectivity index (χ0n) is 24.8. The molecule has 41 heavy (non-hydrogen) atoms. The SMILES string of the molecule is CCc1cc(Nc2cccc(C(F)F)c2)ccc1/C=N/NC(C)=N/C=C(/F)C(=NC)N(CC)CC(O)C(C)C.CF. The predicted molar refractivity (Wildman–Crippen MR) is 162 cm³/mol. The van der Waals surface area contributed by atoms with E-state index in [2.05, 4.69) is 25.8 Å². The summed E-state index contributed by atoms with van der Waals surface area (Å²) in [6.07, 6.45) is 0.313. The zero-order chi connectivity index (χ0) is 30.9. The van der Waals surface area contributed by atoms with Gasteiger partial charge in [0.05, 0.1) is 25.7 Å². The second kappa shape index (κ2) is 18.6. The van der Waals surface area contributed by atoms with Gasteiger partial charge >= 0.3 is 0 Å². The van der Waals surface area contributed by atoms with Gasteiger partial charge in [0.15, 0.2) is 11.7 Å². The number of alkyl halides is 3. The normalized spacial score (nSPS) is 13.4. The van der Waals surface area contributed by atoms with Crippen molar-refractivity contribution in [3.8, 4) is 0 Å². The Morgan fingerprint density at radius 3 is 2.34 bits per heavy atom. The molecule has 0 bridgehead atoms. The number of likely N-dealkylation sites (N-methyl/N-ethyl adjacent to an activating group) is 1. The first-order chi connectivity index (χ1) is 19.6. The molecule has 11 heteroatoms. The number of halogens is 4. The molecule has 3 N–H and O–H groups in total. The number of hydrazone groups is 1. The molecule has 1 unspecified atom stereocenters. The molecule has 2 aromatic rings. The van der Waals surface area contributed by atoms with Crippen molar-refractivity contribution < 1.29 is 22.7 Å². The van der Waals surface area contributed by atoms with Crippen molar-refractivity contribution in [1.29, 1.82) is 0 Å². The number of amidine groups is 2. The quantitative estimate of drug-likeness (QED) is 0.109. The number of benzene rings is 2. The van der Waals surface area contributed by atoms with Crippen molar-refractivity contribution in [3.05, 3.63) is 71.2 Å². The molecule has 0 aliphatic heterocycles. The van der Waals surface area contributed by atoms with Crippen molar-refractivity contribution in [1.82, 2.24) is 10.3 Å². The number of aryl methyl sites for hydroxylation is 1. The van der Waals surface area contributed by atoms with E-state index >= 15 is 0 Å². The number of anilines is 2. The topological polar surface area (TPSA) is 84.6 Å². The van der Waals surface area contributed by atoms with Gasteiger partial charge in [-0.3, -0.25) is 14.8 Å². The smallest absolute Gasteiger partial charge is 0.263 e. The molecular weight excluding hydrogens is 536 g/mol. The summed E-state index contributed by atoms with van der Waals surface area (Å²) in [5.74, 6) is -0.0788. The molecule has 2 aromatic carbocycles. The summed E-state index contributed by atoms with van der Waals surface area (Å²) >= 11 is 0. The molecule has 0 saturated carbocycles. The number of aliphatic imine (C=N–C) groups is 2. The zero-order valence-corrected chi connectivity index (χ0v) is 24.8. The van der Waals surface area contributed by atoms with E-state index in [1.807, 2.05) is 45.9 Å². The molecule has 0 saturated heterocycles. The molecule has 226 valence electrons. The van der Waals surface area contributed by atoms with Gasteiger partial charge in [0, 0.05) is 37.1 Å². The Morgan fingerprint density at radius 2 is 1.76 bits per heavy atom. The summed E-state index contributed by atoms with van der Waals surface area (Å²) in [5, 5.41) is 17.6. The monoisotopic (exact) mass is 578 g/mol. The minimum absolute atomic E-state index is 0.0388. The van der Waals surface area contributed by atoms with Gasteiger partial charge in [-0.05, 0) is 61.6 Å². The first-order valence-electron chi connectivity index (χ1n) is 13.3. The van der Waals surface area contributed by atoms with Gasteiger partial charge in [0.2, 0.25) is 0 Å². The lowest BCUT2D eigenvalue weighted by atomic mass is 10.0. The molecule has 7 nitrogen and oxygen atoms in total. The lowest BCUT2D eigenvalue weighted by Gasteiger charge is -2.27. The first-order valence-corrected chi connectivity index (χ1v) is 13.3. The molecule has 0 aliphatic rings. The van der Waals surface area contributed by atoms with E-state index in [1.54, 1.807) is 30.2 Å². The van der Waals surface area contributed by atoms with Crippen LogP contribution in [0.3, 0.4) is 0 Å². The van der Waals surface area contributed by atoms with Crippen LogP contribution in [0.4, 0.5) is 28.9 Å². The van der Waals surface area contributed by atoms with Gasteiger partial charge in [0.1, 0.15) is 5.84 Å². The number of aliphatic hydroxyl groups is 1. The van der Waals surface area contributed by atoms with Crippen LogP contribution in [0.2, 0.25) is 0 Å². The molecule has 0 amide bonds. The minimum atomic E-state index is -2.53. The van der Waals surface area contributed by atoms with Crippen LogP contribution in [0.5, 0.6) is 0 Å². The maximum Gasteiger partial charge on any atom is 0.263 e. The highest BCUT2D eigenvalue weighted by Gasteiger charge is 2.19. The number of hydrogen-bond acceptors (Lipinski definition) is 5. The summed E-state index contributed by atoms with van der Waals surface area (Å²) in [6.45, 7) is 10.1. The van der Waals surface area contributed by atoms with Crippen molar-refractivity contribution in [2.45, 2.75) is 53.6 Å². The Balaban J connectivity index is 0.00000411. The molecule has 0 heterocycles. The third-order valence-electron chi connectivity index (χ3n) is 6.04. The van der Waals surface area contributed by atoms with E-state index in [0.717, 1.165) is 29.4 Å². The van der Waals surface area contributed by atoms with Crippen molar-refractivity contribution >= 4 is 29.3 Å². The fourth-order valence-corrected chi connectivity index (χ4v) is 3.67. The Labute approximate surface area is 240 Å². The summed E-state index contributed by atoms with van der Waals surface area (Å²) in [7, 11) is 2.00. The van der Waals surface area contributed by atoms with Crippen LogP contribution in [0, 0.1) is 5.92 Å². The van der Waals surface area contributed by atoms with E-state index in [9.17, 15) is 22.7 Å².